The number of nitrogens with zero attached hydrogens (tertiary/aromatic N) is 2. The van der Waals surface area contributed by atoms with Gasteiger partial charge in [0.25, 0.3) is 0 Å². The second kappa shape index (κ2) is 6.39. The van der Waals surface area contributed by atoms with Crippen molar-refractivity contribution in [2.24, 2.45) is 12.8 Å². The molecule has 0 radical (unpaired) electrons. The standard InChI is InChI=1S/C12H22N4O2/c1-5-18-12(17)9(13)6-14-10-7-16(4)15-11(10)8(2)3/h7-9,14H,5-6,13H2,1-4H3. The molecule has 102 valence electrons. The van der Waals surface area contributed by atoms with E-state index >= 15 is 0 Å². The van der Waals surface area contributed by atoms with Gasteiger partial charge < -0.3 is 15.8 Å². The minimum atomic E-state index is -0.662. The average molecular weight is 254 g/mol. The van der Waals surface area contributed by atoms with Crippen LogP contribution in [-0.4, -0.2) is 34.9 Å². The molecule has 1 heterocycles. The van der Waals surface area contributed by atoms with Gasteiger partial charge in [-0.05, 0) is 12.8 Å². The first-order valence-electron chi connectivity index (χ1n) is 6.15. The summed E-state index contributed by atoms with van der Waals surface area (Å²) >= 11 is 0. The summed E-state index contributed by atoms with van der Waals surface area (Å²) in [6, 6.07) is -0.662. The van der Waals surface area contributed by atoms with Crippen molar-refractivity contribution in [3.05, 3.63) is 11.9 Å². The van der Waals surface area contributed by atoms with Gasteiger partial charge in [-0.25, -0.2) is 0 Å². The van der Waals surface area contributed by atoms with Crippen LogP contribution >= 0.6 is 0 Å². The van der Waals surface area contributed by atoms with Gasteiger partial charge in [0, 0.05) is 19.8 Å². The van der Waals surface area contributed by atoms with Gasteiger partial charge in [0.15, 0.2) is 0 Å². The highest BCUT2D eigenvalue weighted by molar-refractivity contribution is 5.76. The Morgan fingerprint density at radius 1 is 1.61 bits per heavy atom. The lowest BCUT2D eigenvalue weighted by Crippen LogP contribution is -2.38. The number of carbonyl (C=O) groups is 1. The van der Waals surface area contributed by atoms with Gasteiger partial charge in [-0.3, -0.25) is 9.48 Å². The highest BCUT2D eigenvalue weighted by atomic mass is 16.5. The van der Waals surface area contributed by atoms with E-state index in [1.165, 1.54) is 0 Å². The van der Waals surface area contributed by atoms with E-state index in [0.29, 0.717) is 19.1 Å². The average Bonchev–Trinajstić information content (AvgIpc) is 2.68. The molecule has 0 aliphatic rings. The summed E-state index contributed by atoms with van der Waals surface area (Å²) in [5.74, 6) is -0.0764. The number of carbonyl (C=O) groups excluding carboxylic acids is 1. The number of hydrogen-bond donors (Lipinski definition) is 2. The van der Waals surface area contributed by atoms with Gasteiger partial charge in [0.05, 0.1) is 18.0 Å². The Balaban J connectivity index is 2.60. The molecule has 6 nitrogen and oxygen atoms in total. The molecule has 1 atom stereocenters. The third kappa shape index (κ3) is 3.73. The number of aryl methyl sites for hydroxylation is 1. The molecule has 0 aliphatic carbocycles. The lowest BCUT2D eigenvalue weighted by Gasteiger charge is -2.13. The monoisotopic (exact) mass is 254 g/mol. The minimum absolute atomic E-state index is 0.313. The quantitative estimate of drug-likeness (QED) is 0.735. The van der Waals surface area contributed by atoms with Crippen LogP contribution in [0.15, 0.2) is 6.20 Å². The molecule has 0 saturated heterocycles. The summed E-state index contributed by atoms with van der Waals surface area (Å²) in [5.41, 5.74) is 7.60. The number of esters is 1. The van der Waals surface area contributed by atoms with Crippen LogP contribution in [0.1, 0.15) is 32.4 Å². The first-order valence-corrected chi connectivity index (χ1v) is 6.15. The van der Waals surface area contributed by atoms with Crippen molar-refractivity contribution in [2.45, 2.75) is 32.7 Å². The zero-order valence-corrected chi connectivity index (χ0v) is 11.4. The Kier molecular flexibility index (Phi) is 5.15. The molecule has 1 aromatic heterocycles. The zero-order chi connectivity index (χ0) is 13.7. The normalized spacial score (nSPS) is 12.6. The molecule has 6 heteroatoms. The predicted octanol–water partition coefficient (Wildman–Crippen LogP) is 0.846. The molecule has 3 N–H and O–H groups in total. The number of anilines is 1. The van der Waals surface area contributed by atoms with E-state index in [1.54, 1.807) is 11.6 Å². The van der Waals surface area contributed by atoms with E-state index in [1.807, 2.05) is 13.2 Å². The van der Waals surface area contributed by atoms with Crippen LogP contribution in [0.4, 0.5) is 5.69 Å². The number of nitrogens with one attached hydrogen (secondary N) is 1. The maximum absolute atomic E-state index is 11.4. The number of nitrogens with two attached hydrogens (primary N) is 1. The Hall–Kier alpha value is -1.56. The molecule has 0 bridgehead atoms. The Morgan fingerprint density at radius 3 is 2.83 bits per heavy atom. The summed E-state index contributed by atoms with van der Waals surface area (Å²) in [6.45, 7) is 6.58. The van der Waals surface area contributed by atoms with Crippen LogP contribution in [0.25, 0.3) is 0 Å². The molecular formula is C12H22N4O2. The van der Waals surface area contributed by atoms with Crippen LogP contribution in [0, 0.1) is 0 Å². The third-order valence-electron chi connectivity index (χ3n) is 2.51. The number of aromatic nitrogens is 2. The second-order valence-electron chi connectivity index (χ2n) is 4.50. The molecule has 0 spiro atoms. The largest absolute Gasteiger partial charge is 0.465 e. The highest BCUT2D eigenvalue weighted by Gasteiger charge is 2.16. The van der Waals surface area contributed by atoms with E-state index in [2.05, 4.69) is 24.3 Å². The Morgan fingerprint density at radius 2 is 2.28 bits per heavy atom. The minimum Gasteiger partial charge on any atom is -0.465 e. The molecule has 0 fully saturated rings. The number of rotatable bonds is 6. The predicted molar refractivity (Wildman–Crippen MR) is 70.4 cm³/mol. The van der Waals surface area contributed by atoms with Gasteiger partial charge in [0.1, 0.15) is 6.04 Å². The lowest BCUT2D eigenvalue weighted by atomic mass is 10.1. The molecule has 1 aromatic rings. The van der Waals surface area contributed by atoms with E-state index in [9.17, 15) is 4.79 Å². The van der Waals surface area contributed by atoms with Gasteiger partial charge in [-0.1, -0.05) is 13.8 Å². The molecule has 0 aromatic carbocycles. The topological polar surface area (TPSA) is 82.2 Å². The molecular weight excluding hydrogens is 232 g/mol. The van der Waals surface area contributed by atoms with Crippen LogP contribution in [0.3, 0.4) is 0 Å². The Bertz CT molecular complexity index is 401. The van der Waals surface area contributed by atoms with Crippen LogP contribution in [-0.2, 0) is 16.6 Å². The summed E-state index contributed by atoms with van der Waals surface area (Å²) in [7, 11) is 1.86. The van der Waals surface area contributed by atoms with Crippen molar-refractivity contribution < 1.29 is 9.53 Å². The lowest BCUT2D eigenvalue weighted by molar-refractivity contribution is -0.144. The number of hydrogen-bond acceptors (Lipinski definition) is 5. The molecule has 18 heavy (non-hydrogen) atoms. The summed E-state index contributed by atoms with van der Waals surface area (Å²) in [5, 5.41) is 7.51. The summed E-state index contributed by atoms with van der Waals surface area (Å²) in [4.78, 5) is 11.4. The molecule has 0 aliphatic heterocycles. The fraction of sp³-hybridized carbons (Fsp3) is 0.667. The van der Waals surface area contributed by atoms with E-state index < -0.39 is 6.04 Å². The maximum atomic E-state index is 11.4. The third-order valence-corrected chi connectivity index (χ3v) is 2.51. The number of ether oxygens (including phenoxy) is 1. The van der Waals surface area contributed by atoms with Gasteiger partial charge in [0.2, 0.25) is 0 Å². The van der Waals surface area contributed by atoms with Crippen molar-refractivity contribution in [1.29, 1.82) is 0 Å². The van der Waals surface area contributed by atoms with Gasteiger partial charge in [-0.2, -0.15) is 5.10 Å². The van der Waals surface area contributed by atoms with E-state index in [4.69, 9.17) is 10.5 Å². The summed E-state index contributed by atoms with van der Waals surface area (Å²) < 4.78 is 6.59. The van der Waals surface area contributed by atoms with Crippen molar-refractivity contribution in [2.75, 3.05) is 18.5 Å². The van der Waals surface area contributed by atoms with Crippen LogP contribution in [0.5, 0.6) is 0 Å². The SMILES string of the molecule is CCOC(=O)C(N)CNc1cn(C)nc1C(C)C. The zero-order valence-electron chi connectivity index (χ0n) is 11.4. The van der Waals surface area contributed by atoms with Crippen molar-refractivity contribution in [3.8, 4) is 0 Å². The summed E-state index contributed by atoms with van der Waals surface area (Å²) in [6.07, 6.45) is 1.88. The van der Waals surface area contributed by atoms with E-state index in [0.717, 1.165) is 11.4 Å². The molecule has 0 amide bonds. The smallest absolute Gasteiger partial charge is 0.324 e. The second-order valence-corrected chi connectivity index (χ2v) is 4.50. The fourth-order valence-electron chi connectivity index (χ4n) is 1.62. The van der Waals surface area contributed by atoms with Crippen molar-refractivity contribution >= 4 is 11.7 Å². The van der Waals surface area contributed by atoms with E-state index in [-0.39, 0.29) is 5.97 Å². The highest BCUT2D eigenvalue weighted by Crippen LogP contribution is 2.21. The van der Waals surface area contributed by atoms with Gasteiger partial charge in [-0.15, -0.1) is 0 Å². The molecule has 1 unspecified atom stereocenters. The van der Waals surface area contributed by atoms with Crippen LogP contribution in [0.2, 0.25) is 0 Å². The van der Waals surface area contributed by atoms with Crippen molar-refractivity contribution in [1.82, 2.24) is 9.78 Å². The first-order chi connectivity index (χ1) is 8.45. The molecule has 0 saturated carbocycles. The van der Waals surface area contributed by atoms with Crippen molar-refractivity contribution in [3.63, 3.8) is 0 Å². The fourth-order valence-corrected chi connectivity index (χ4v) is 1.62. The Labute approximate surface area is 107 Å². The van der Waals surface area contributed by atoms with Crippen LogP contribution < -0.4 is 11.1 Å². The molecule has 1 rings (SSSR count). The first kappa shape index (κ1) is 14.5. The maximum Gasteiger partial charge on any atom is 0.324 e. The van der Waals surface area contributed by atoms with Gasteiger partial charge >= 0.3 is 5.97 Å².